The third kappa shape index (κ3) is 13.1. The van der Waals surface area contributed by atoms with Crippen LogP contribution in [0.25, 0.3) is 0 Å². The van der Waals surface area contributed by atoms with Crippen molar-refractivity contribution in [2.75, 3.05) is 25.9 Å². The van der Waals surface area contributed by atoms with Gasteiger partial charge in [0.25, 0.3) is 0 Å². The number of nitrogens with zero attached hydrogens (tertiary/aromatic N) is 1. The van der Waals surface area contributed by atoms with Crippen LogP contribution in [0, 0.1) is 0 Å². The van der Waals surface area contributed by atoms with Crippen molar-refractivity contribution in [2.24, 2.45) is 0 Å². The first-order chi connectivity index (χ1) is 7.28. The monoisotopic (exact) mass is 252 g/mol. The Kier molecular flexibility index (Phi) is 10.2. The first-order valence-corrected chi connectivity index (χ1v) is 6.43. The zero-order valence-electron chi connectivity index (χ0n) is 9.81. The molecule has 0 aromatic heterocycles. The Morgan fingerprint density at radius 3 is 2.25 bits per heavy atom. The fraction of sp³-hybridized carbons (Fsp3) is 0.667. The van der Waals surface area contributed by atoms with Crippen molar-refractivity contribution in [1.29, 1.82) is 0 Å². The molecule has 0 aliphatic carbocycles. The molecule has 1 amide bonds. The molecule has 16 heavy (non-hydrogen) atoms. The Labute approximate surface area is 96.9 Å². The van der Waals surface area contributed by atoms with E-state index in [0.29, 0.717) is 6.42 Å². The molecular formula is C9H20N2O4S. The number of carbonyl (C=O) groups excluding carboxylic acids is 1. The van der Waals surface area contributed by atoms with Crippen molar-refractivity contribution in [3.05, 3.63) is 12.7 Å². The van der Waals surface area contributed by atoms with Crippen molar-refractivity contribution in [1.82, 2.24) is 4.90 Å². The SMILES string of the molecule is C=CC[NH3+].CCC(=O)N(C)CCS(=O)(=O)[O-]. The average molecular weight is 252 g/mol. The van der Waals surface area contributed by atoms with Crippen LogP contribution in [0.3, 0.4) is 0 Å². The van der Waals surface area contributed by atoms with E-state index in [-0.39, 0.29) is 12.5 Å². The molecule has 0 aromatic carbocycles. The Bertz CT molecular complexity index is 301. The first-order valence-electron chi connectivity index (χ1n) is 4.86. The van der Waals surface area contributed by atoms with Crippen LogP contribution in [0.15, 0.2) is 12.7 Å². The van der Waals surface area contributed by atoms with Crippen LogP contribution in [0.4, 0.5) is 0 Å². The van der Waals surface area contributed by atoms with Gasteiger partial charge in [0.2, 0.25) is 5.91 Å². The summed E-state index contributed by atoms with van der Waals surface area (Å²) < 4.78 is 30.5. The number of quaternary nitrogens is 1. The zero-order valence-corrected chi connectivity index (χ0v) is 10.6. The maximum atomic E-state index is 10.9. The van der Waals surface area contributed by atoms with Gasteiger partial charge in [-0.3, -0.25) is 4.79 Å². The fourth-order valence-electron chi connectivity index (χ4n) is 0.643. The smallest absolute Gasteiger partial charge is 0.222 e. The van der Waals surface area contributed by atoms with Gasteiger partial charge >= 0.3 is 0 Å². The number of amides is 1. The summed E-state index contributed by atoms with van der Waals surface area (Å²) in [4.78, 5) is 12.1. The summed E-state index contributed by atoms with van der Waals surface area (Å²) in [5.41, 5.74) is 3.49. The molecule has 96 valence electrons. The van der Waals surface area contributed by atoms with Crippen LogP contribution in [-0.4, -0.2) is 49.7 Å². The van der Waals surface area contributed by atoms with E-state index in [0.717, 1.165) is 6.54 Å². The molecule has 0 rings (SSSR count). The van der Waals surface area contributed by atoms with Crippen molar-refractivity contribution < 1.29 is 23.5 Å². The first kappa shape index (κ1) is 17.5. The van der Waals surface area contributed by atoms with Crippen molar-refractivity contribution in [3.63, 3.8) is 0 Å². The summed E-state index contributed by atoms with van der Waals surface area (Å²) in [6.45, 7) is 5.89. The molecule has 0 aliphatic heterocycles. The van der Waals surface area contributed by atoms with E-state index in [2.05, 4.69) is 12.3 Å². The second-order valence-corrected chi connectivity index (χ2v) is 4.53. The topological polar surface area (TPSA) is 105 Å². The molecular weight excluding hydrogens is 232 g/mol. The number of hydrogen-bond donors (Lipinski definition) is 1. The molecule has 0 bridgehead atoms. The highest BCUT2D eigenvalue weighted by atomic mass is 32.2. The third-order valence-electron chi connectivity index (χ3n) is 1.61. The van der Waals surface area contributed by atoms with E-state index in [1.807, 2.05) is 0 Å². The molecule has 0 atom stereocenters. The van der Waals surface area contributed by atoms with Crippen LogP contribution < -0.4 is 5.73 Å². The Hall–Kier alpha value is -0.920. The lowest BCUT2D eigenvalue weighted by atomic mass is 10.4. The average Bonchev–Trinajstić information content (AvgIpc) is 2.24. The summed E-state index contributed by atoms with van der Waals surface area (Å²) in [5, 5.41) is 0. The van der Waals surface area contributed by atoms with Gasteiger partial charge in [-0.15, -0.1) is 0 Å². The Morgan fingerprint density at radius 2 is 2.00 bits per heavy atom. The molecule has 6 nitrogen and oxygen atoms in total. The van der Waals surface area contributed by atoms with E-state index in [4.69, 9.17) is 0 Å². The Morgan fingerprint density at radius 1 is 1.56 bits per heavy atom. The highest BCUT2D eigenvalue weighted by Gasteiger charge is 2.06. The van der Waals surface area contributed by atoms with E-state index < -0.39 is 15.9 Å². The molecule has 0 fully saturated rings. The second kappa shape index (κ2) is 9.32. The fourth-order valence-corrected chi connectivity index (χ4v) is 1.14. The molecule has 0 radical (unpaired) electrons. The van der Waals surface area contributed by atoms with Gasteiger partial charge in [0, 0.05) is 20.0 Å². The highest BCUT2D eigenvalue weighted by Crippen LogP contribution is 1.91. The summed E-state index contributed by atoms with van der Waals surface area (Å²) in [5.74, 6) is -0.687. The Balaban J connectivity index is 0. The lowest BCUT2D eigenvalue weighted by molar-refractivity contribution is -0.352. The molecule has 0 spiro atoms. The van der Waals surface area contributed by atoms with Crippen LogP contribution in [0.2, 0.25) is 0 Å². The van der Waals surface area contributed by atoms with Gasteiger partial charge in [0.15, 0.2) is 0 Å². The summed E-state index contributed by atoms with van der Waals surface area (Å²) in [6, 6.07) is 0. The van der Waals surface area contributed by atoms with Gasteiger partial charge in [0.05, 0.1) is 22.4 Å². The minimum atomic E-state index is -4.20. The van der Waals surface area contributed by atoms with E-state index in [1.165, 1.54) is 11.9 Å². The minimum Gasteiger partial charge on any atom is -0.748 e. The van der Waals surface area contributed by atoms with Gasteiger partial charge in [-0.1, -0.05) is 13.5 Å². The van der Waals surface area contributed by atoms with Gasteiger partial charge in [0.1, 0.15) is 0 Å². The predicted octanol–water partition coefficient (Wildman–Crippen LogP) is -1.19. The number of hydrogen-bond acceptors (Lipinski definition) is 4. The minimum absolute atomic E-state index is 0.0293. The molecule has 0 aromatic rings. The van der Waals surface area contributed by atoms with Crippen molar-refractivity contribution >= 4 is 16.0 Å². The largest absolute Gasteiger partial charge is 0.748 e. The van der Waals surface area contributed by atoms with Crippen LogP contribution in [0.1, 0.15) is 13.3 Å². The predicted molar refractivity (Wildman–Crippen MR) is 60.4 cm³/mol. The molecule has 3 N–H and O–H groups in total. The highest BCUT2D eigenvalue weighted by molar-refractivity contribution is 7.85. The van der Waals surface area contributed by atoms with E-state index in [9.17, 15) is 17.8 Å². The quantitative estimate of drug-likeness (QED) is 0.491. The maximum absolute atomic E-state index is 10.9. The van der Waals surface area contributed by atoms with E-state index in [1.54, 1.807) is 13.0 Å². The summed E-state index contributed by atoms with van der Waals surface area (Å²) in [6.07, 6.45) is 2.08. The molecule has 0 unspecified atom stereocenters. The van der Waals surface area contributed by atoms with Crippen LogP contribution >= 0.6 is 0 Å². The van der Waals surface area contributed by atoms with Crippen LogP contribution in [-0.2, 0) is 14.9 Å². The normalized spacial score (nSPS) is 10.0. The second-order valence-electron chi connectivity index (χ2n) is 3.01. The molecule has 0 heterocycles. The van der Waals surface area contributed by atoms with Crippen molar-refractivity contribution in [2.45, 2.75) is 13.3 Å². The molecule has 7 heteroatoms. The third-order valence-corrected chi connectivity index (χ3v) is 2.29. The molecule has 0 saturated heterocycles. The zero-order chi connectivity index (χ0) is 13.2. The van der Waals surface area contributed by atoms with Gasteiger partial charge in [-0.05, 0) is 6.08 Å². The summed E-state index contributed by atoms with van der Waals surface area (Å²) in [7, 11) is -2.74. The van der Waals surface area contributed by atoms with Gasteiger partial charge < -0.3 is 15.2 Å². The van der Waals surface area contributed by atoms with Crippen molar-refractivity contribution in [3.8, 4) is 0 Å². The standard InChI is InChI=1S/C6H13NO4S.C3H7N/c1-3-6(8)7(2)4-5-12(9,10)11;1-2-3-4/h3-5H2,1-2H3,(H,9,10,11);2H,1,3-4H2. The van der Waals surface area contributed by atoms with Gasteiger partial charge in [-0.25, -0.2) is 8.42 Å². The van der Waals surface area contributed by atoms with Gasteiger partial charge in [-0.2, -0.15) is 0 Å². The van der Waals surface area contributed by atoms with Crippen LogP contribution in [0.5, 0.6) is 0 Å². The number of carbonyl (C=O) groups is 1. The lowest BCUT2D eigenvalue weighted by Crippen LogP contribution is -2.48. The maximum Gasteiger partial charge on any atom is 0.222 e. The molecule has 0 aliphatic rings. The summed E-state index contributed by atoms with van der Waals surface area (Å²) >= 11 is 0. The van der Waals surface area contributed by atoms with E-state index >= 15 is 0 Å². The lowest BCUT2D eigenvalue weighted by Gasteiger charge is -2.16. The molecule has 0 saturated carbocycles. The number of rotatable bonds is 5.